The number of rotatable bonds is 7. The van der Waals surface area contributed by atoms with Gasteiger partial charge < -0.3 is 10.6 Å². The molecule has 0 aliphatic rings. The monoisotopic (exact) mass is 418 g/mol. The molecule has 0 unspecified atom stereocenters. The van der Waals surface area contributed by atoms with Crippen molar-refractivity contribution in [2.45, 2.75) is 18.0 Å². The second kappa shape index (κ2) is 8.63. The SMILES string of the molecule is CS(=O)(=O)c1ccc(CNc2cccc(NCc3ccc(F)cc3Cl)c2)cc1. The predicted octanol–water partition coefficient (Wildman–Crippen LogP) is 5.11. The minimum atomic E-state index is -3.19. The molecule has 0 heterocycles. The Balaban J connectivity index is 1.60. The summed E-state index contributed by atoms with van der Waals surface area (Å²) < 4.78 is 36.2. The molecule has 0 spiro atoms. The molecule has 146 valence electrons. The van der Waals surface area contributed by atoms with Crippen LogP contribution in [-0.4, -0.2) is 14.7 Å². The van der Waals surface area contributed by atoms with Gasteiger partial charge in [-0.15, -0.1) is 0 Å². The maximum atomic E-state index is 13.1. The molecule has 3 aromatic rings. The Morgan fingerprint density at radius 2 is 1.54 bits per heavy atom. The number of halogens is 2. The fourth-order valence-electron chi connectivity index (χ4n) is 2.66. The molecule has 28 heavy (non-hydrogen) atoms. The van der Waals surface area contributed by atoms with Gasteiger partial charge in [-0.05, 0) is 53.6 Å². The zero-order chi connectivity index (χ0) is 20.1. The first-order valence-corrected chi connectivity index (χ1v) is 10.9. The van der Waals surface area contributed by atoms with Crippen LogP contribution in [0.2, 0.25) is 5.02 Å². The van der Waals surface area contributed by atoms with E-state index >= 15 is 0 Å². The Morgan fingerprint density at radius 3 is 2.14 bits per heavy atom. The summed E-state index contributed by atoms with van der Waals surface area (Å²) in [6.45, 7) is 1.05. The zero-order valence-electron chi connectivity index (χ0n) is 15.2. The molecule has 0 amide bonds. The van der Waals surface area contributed by atoms with Gasteiger partial charge in [0, 0.05) is 35.7 Å². The van der Waals surface area contributed by atoms with Crippen molar-refractivity contribution >= 4 is 32.8 Å². The van der Waals surface area contributed by atoms with Gasteiger partial charge in [-0.3, -0.25) is 0 Å². The number of hydrogen-bond donors (Lipinski definition) is 2. The lowest BCUT2D eigenvalue weighted by atomic mass is 10.2. The maximum Gasteiger partial charge on any atom is 0.175 e. The molecular formula is C21H20ClFN2O2S. The molecule has 0 fully saturated rings. The first-order valence-electron chi connectivity index (χ1n) is 8.62. The van der Waals surface area contributed by atoms with Gasteiger partial charge in [0.25, 0.3) is 0 Å². The van der Waals surface area contributed by atoms with Crippen LogP contribution in [-0.2, 0) is 22.9 Å². The molecule has 4 nitrogen and oxygen atoms in total. The van der Waals surface area contributed by atoms with E-state index in [0.717, 1.165) is 22.5 Å². The van der Waals surface area contributed by atoms with Crippen molar-refractivity contribution in [3.8, 4) is 0 Å². The van der Waals surface area contributed by atoms with E-state index in [2.05, 4.69) is 10.6 Å². The normalized spacial score (nSPS) is 11.2. The molecule has 3 aromatic carbocycles. The topological polar surface area (TPSA) is 58.2 Å². The molecule has 0 bridgehead atoms. The van der Waals surface area contributed by atoms with Crippen molar-refractivity contribution in [1.29, 1.82) is 0 Å². The Morgan fingerprint density at radius 1 is 0.893 bits per heavy atom. The first kappa shape index (κ1) is 20.2. The van der Waals surface area contributed by atoms with Crippen molar-refractivity contribution in [3.05, 3.63) is 88.7 Å². The highest BCUT2D eigenvalue weighted by atomic mass is 35.5. The molecule has 7 heteroatoms. The largest absolute Gasteiger partial charge is 0.381 e. The molecule has 3 rings (SSSR count). The third kappa shape index (κ3) is 5.47. The van der Waals surface area contributed by atoms with Crippen LogP contribution < -0.4 is 10.6 Å². The summed E-state index contributed by atoms with van der Waals surface area (Å²) >= 11 is 6.05. The Kier molecular flexibility index (Phi) is 6.21. The minimum Gasteiger partial charge on any atom is -0.381 e. The highest BCUT2D eigenvalue weighted by Gasteiger charge is 2.06. The molecule has 0 saturated heterocycles. The van der Waals surface area contributed by atoms with Gasteiger partial charge in [0.15, 0.2) is 9.84 Å². The summed E-state index contributed by atoms with van der Waals surface area (Å²) in [7, 11) is -3.19. The van der Waals surface area contributed by atoms with E-state index in [0.29, 0.717) is 23.0 Å². The van der Waals surface area contributed by atoms with E-state index in [1.807, 2.05) is 24.3 Å². The quantitative estimate of drug-likeness (QED) is 0.560. The minimum absolute atomic E-state index is 0.307. The summed E-state index contributed by atoms with van der Waals surface area (Å²) in [5, 5.41) is 6.97. The fraction of sp³-hybridized carbons (Fsp3) is 0.143. The van der Waals surface area contributed by atoms with E-state index in [4.69, 9.17) is 11.6 Å². The molecule has 0 aromatic heterocycles. The van der Waals surface area contributed by atoms with Gasteiger partial charge in [-0.2, -0.15) is 0 Å². The first-order chi connectivity index (χ1) is 13.3. The van der Waals surface area contributed by atoms with E-state index in [9.17, 15) is 12.8 Å². The maximum absolute atomic E-state index is 13.1. The van der Waals surface area contributed by atoms with E-state index < -0.39 is 9.84 Å². The number of nitrogens with one attached hydrogen (secondary N) is 2. The number of sulfone groups is 1. The average Bonchev–Trinajstić information content (AvgIpc) is 2.66. The molecule has 0 aliphatic heterocycles. The van der Waals surface area contributed by atoms with Crippen molar-refractivity contribution in [2.24, 2.45) is 0 Å². The van der Waals surface area contributed by atoms with Gasteiger partial charge in [0.2, 0.25) is 0 Å². The van der Waals surface area contributed by atoms with E-state index in [-0.39, 0.29) is 5.82 Å². The lowest BCUT2D eigenvalue weighted by molar-refractivity contribution is 0.602. The smallest absolute Gasteiger partial charge is 0.175 e. The van der Waals surface area contributed by atoms with Gasteiger partial charge in [0.05, 0.1) is 4.90 Å². The summed E-state index contributed by atoms with van der Waals surface area (Å²) in [4.78, 5) is 0.307. The van der Waals surface area contributed by atoms with Gasteiger partial charge >= 0.3 is 0 Å². The van der Waals surface area contributed by atoms with Crippen molar-refractivity contribution < 1.29 is 12.8 Å². The van der Waals surface area contributed by atoms with Crippen LogP contribution in [0.15, 0.2) is 71.6 Å². The third-order valence-electron chi connectivity index (χ3n) is 4.21. The Hall–Kier alpha value is -2.57. The van der Waals surface area contributed by atoms with Gasteiger partial charge in [-0.1, -0.05) is 35.9 Å². The van der Waals surface area contributed by atoms with E-state index in [1.165, 1.54) is 18.4 Å². The van der Waals surface area contributed by atoms with Crippen LogP contribution in [0.5, 0.6) is 0 Å². The summed E-state index contributed by atoms with van der Waals surface area (Å²) in [6, 6.07) is 18.9. The molecule has 2 N–H and O–H groups in total. The van der Waals surface area contributed by atoms with Crippen LogP contribution >= 0.6 is 11.6 Å². The van der Waals surface area contributed by atoms with Crippen molar-refractivity contribution in [2.75, 3.05) is 16.9 Å². The summed E-state index contributed by atoms with van der Waals surface area (Å²) in [5.41, 5.74) is 3.61. The molecular weight excluding hydrogens is 399 g/mol. The highest BCUT2D eigenvalue weighted by Crippen LogP contribution is 2.21. The van der Waals surface area contributed by atoms with Crippen LogP contribution in [0.25, 0.3) is 0 Å². The van der Waals surface area contributed by atoms with Gasteiger partial charge in [-0.25, -0.2) is 12.8 Å². The molecule has 0 atom stereocenters. The number of hydrogen-bond acceptors (Lipinski definition) is 4. The van der Waals surface area contributed by atoms with Crippen molar-refractivity contribution in [3.63, 3.8) is 0 Å². The molecule has 0 aliphatic carbocycles. The average molecular weight is 419 g/mol. The fourth-order valence-corrected chi connectivity index (χ4v) is 3.52. The van der Waals surface area contributed by atoms with Crippen LogP contribution in [0, 0.1) is 5.82 Å². The van der Waals surface area contributed by atoms with Crippen LogP contribution in [0.4, 0.5) is 15.8 Å². The second-order valence-corrected chi connectivity index (χ2v) is 8.86. The molecule has 0 radical (unpaired) electrons. The zero-order valence-corrected chi connectivity index (χ0v) is 16.8. The van der Waals surface area contributed by atoms with Gasteiger partial charge in [0.1, 0.15) is 5.82 Å². The Bertz CT molecular complexity index is 1070. The van der Waals surface area contributed by atoms with Crippen LogP contribution in [0.1, 0.15) is 11.1 Å². The summed E-state index contributed by atoms with van der Waals surface area (Å²) in [5.74, 6) is -0.357. The standard InChI is InChI=1S/C21H20ClFN2O2S/c1-28(26,27)20-9-5-15(6-10-20)13-24-18-3-2-4-19(12-18)25-14-16-7-8-17(23)11-21(16)22/h2-12,24-25H,13-14H2,1H3. The third-order valence-corrected chi connectivity index (χ3v) is 5.69. The number of anilines is 2. The lowest BCUT2D eigenvalue weighted by Crippen LogP contribution is -2.03. The highest BCUT2D eigenvalue weighted by molar-refractivity contribution is 7.90. The molecule has 0 saturated carbocycles. The second-order valence-electron chi connectivity index (χ2n) is 6.44. The Labute approximate surface area is 169 Å². The lowest BCUT2D eigenvalue weighted by Gasteiger charge is -2.11. The van der Waals surface area contributed by atoms with E-state index in [1.54, 1.807) is 30.3 Å². The van der Waals surface area contributed by atoms with Crippen molar-refractivity contribution in [1.82, 2.24) is 0 Å². The van der Waals surface area contributed by atoms with Crippen LogP contribution in [0.3, 0.4) is 0 Å². The predicted molar refractivity (Wildman–Crippen MR) is 112 cm³/mol. The number of benzene rings is 3. The summed E-state index contributed by atoms with van der Waals surface area (Å²) in [6.07, 6.45) is 1.19.